The maximum absolute atomic E-state index is 9.96. The predicted octanol–water partition coefficient (Wildman–Crippen LogP) is 1.84. The Balaban J connectivity index is 1.39. The number of nitrogens with zero attached hydrogens (tertiary/aromatic N) is 4. The van der Waals surface area contributed by atoms with Gasteiger partial charge in [-0.25, -0.2) is 9.97 Å². The third-order valence-corrected chi connectivity index (χ3v) is 6.61. The number of piperidine rings is 1. The average Bonchev–Trinajstić information content (AvgIpc) is 3.34. The molecule has 1 spiro atoms. The highest BCUT2D eigenvalue weighted by Crippen LogP contribution is 2.42. The largest absolute Gasteiger partial charge is 0.390 e. The molecule has 8 heteroatoms. The van der Waals surface area contributed by atoms with Crippen LogP contribution in [0.15, 0.2) is 30.6 Å². The average molecular weight is 394 g/mol. The summed E-state index contributed by atoms with van der Waals surface area (Å²) >= 11 is 0. The Kier molecular flexibility index (Phi) is 4.49. The Morgan fingerprint density at radius 3 is 2.86 bits per heavy atom. The lowest BCUT2D eigenvalue weighted by Gasteiger charge is -2.41. The summed E-state index contributed by atoms with van der Waals surface area (Å²) in [5.41, 5.74) is 9.76. The van der Waals surface area contributed by atoms with Crippen LogP contribution in [0.1, 0.15) is 25.5 Å². The fourth-order valence-electron chi connectivity index (χ4n) is 4.67. The summed E-state index contributed by atoms with van der Waals surface area (Å²) in [6.45, 7) is 4.32. The van der Waals surface area contributed by atoms with Crippen LogP contribution in [0.4, 0.5) is 5.82 Å². The minimum atomic E-state index is -0.147. The summed E-state index contributed by atoms with van der Waals surface area (Å²) in [5, 5.41) is 18.0. The highest BCUT2D eigenvalue weighted by Gasteiger charge is 2.47. The summed E-state index contributed by atoms with van der Waals surface area (Å²) < 4.78 is 5.82. The summed E-state index contributed by atoms with van der Waals surface area (Å²) in [7, 11) is 0. The number of nitrogens with two attached hydrogens (primary N) is 1. The first-order valence-corrected chi connectivity index (χ1v) is 10.1. The first-order chi connectivity index (χ1) is 14.1. The molecule has 4 N–H and O–H groups in total. The van der Waals surface area contributed by atoms with Crippen LogP contribution in [-0.2, 0) is 11.3 Å². The number of aromatic amines is 1. The van der Waals surface area contributed by atoms with Crippen LogP contribution in [-0.4, -0.2) is 57.1 Å². The molecular weight excluding hydrogens is 368 g/mol. The molecule has 3 aromatic rings. The van der Waals surface area contributed by atoms with Gasteiger partial charge in [0.05, 0.1) is 42.9 Å². The molecule has 5 rings (SSSR count). The van der Waals surface area contributed by atoms with Gasteiger partial charge in [0.15, 0.2) is 5.82 Å². The van der Waals surface area contributed by atoms with E-state index in [-0.39, 0.29) is 24.2 Å². The maximum Gasteiger partial charge on any atom is 0.152 e. The van der Waals surface area contributed by atoms with E-state index in [0.717, 1.165) is 60.5 Å². The van der Waals surface area contributed by atoms with Crippen molar-refractivity contribution in [1.82, 2.24) is 20.2 Å². The smallest absolute Gasteiger partial charge is 0.152 e. The van der Waals surface area contributed by atoms with Gasteiger partial charge in [-0.3, -0.25) is 5.10 Å². The van der Waals surface area contributed by atoms with Crippen molar-refractivity contribution in [2.24, 2.45) is 11.1 Å². The predicted molar refractivity (Wildman–Crippen MR) is 110 cm³/mol. The highest BCUT2D eigenvalue weighted by molar-refractivity contribution is 5.83. The van der Waals surface area contributed by atoms with Gasteiger partial charge >= 0.3 is 0 Å². The van der Waals surface area contributed by atoms with E-state index in [0.29, 0.717) is 5.69 Å². The molecule has 29 heavy (non-hydrogen) atoms. The van der Waals surface area contributed by atoms with E-state index in [4.69, 9.17) is 15.5 Å². The molecule has 0 unspecified atom stereocenters. The number of aliphatic hydroxyl groups is 1. The van der Waals surface area contributed by atoms with Crippen LogP contribution in [0.25, 0.3) is 22.2 Å². The molecule has 0 aliphatic carbocycles. The van der Waals surface area contributed by atoms with Crippen molar-refractivity contribution in [1.29, 1.82) is 0 Å². The third kappa shape index (κ3) is 3.08. The minimum Gasteiger partial charge on any atom is -0.390 e. The van der Waals surface area contributed by atoms with Crippen molar-refractivity contribution in [3.63, 3.8) is 0 Å². The molecular formula is C21H26N6O2. The van der Waals surface area contributed by atoms with Gasteiger partial charge < -0.3 is 20.5 Å². The molecule has 1 aromatic carbocycles. The second-order valence-electron chi connectivity index (χ2n) is 8.25. The molecule has 0 amide bonds. The molecule has 0 radical (unpaired) electrons. The van der Waals surface area contributed by atoms with Crippen molar-refractivity contribution in [3.05, 3.63) is 36.3 Å². The van der Waals surface area contributed by atoms with Crippen LogP contribution in [0.2, 0.25) is 0 Å². The minimum absolute atomic E-state index is 0.0582. The molecule has 2 aliphatic rings. The van der Waals surface area contributed by atoms with Crippen molar-refractivity contribution in [2.45, 2.75) is 38.5 Å². The SMILES string of the molecule is C[C@@H]1OCC2(CCN(c3ncc(-c4ccc5[nH]ncc5c4)nc3CO)CC2)[C@@H]1N. The fraction of sp³-hybridized carbons (Fsp3) is 0.476. The summed E-state index contributed by atoms with van der Waals surface area (Å²) in [4.78, 5) is 11.6. The molecule has 0 bridgehead atoms. The van der Waals surface area contributed by atoms with E-state index < -0.39 is 0 Å². The van der Waals surface area contributed by atoms with E-state index in [1.807, 2.05) is 18.2 Å². The summed E-state index contributed by atoms with van der Waals surface area (Å²) in [6.07, 6.45) is 5.61. The zero-order chi connectivity index (χ0) is 20.0. The Labute approximate surface area is 169 Å². The van der Waals surface area contributed by atoms with Gasteiger partial charge in [0.25, 0.3) is 0 Å². The van der Waals surface area contributed by atoms with Crippen molar-refractivity contribution >= 4 is 16.7 Å². The number of H-pyrrole nitrogens is 1. The number of nitrogens with one attached hydrogen (secondary N) is 1. The Morgan fingerprint density at radius 2 is 2.14 bits per heavy atom. The second-order valence-corrected chi connectivity index (χ2v) is 8.25. The lowest BCUT2D eigenvalue weighted by atomic mass is 9.73. The van der Waals surface area contributed by atoms with Gasteiger partial charge in [-0.15, -0.1) is 0 Å². The van der Waals surface area contributed by atoms with Crippen molar-refractivity contribution in [3.8, 4) is 11.3 Å². The fourth-order valence-corrected chi connectivity index (χ4v) is 4.67. The monoisotopic (exact) mass is 394 g/mol. The number of anilines is 1. The van der Waals surface area contributed by atoms with E-state index in [1.165, 1.54) is 0 Å². The number of hydrogen-bond acceptors (Lipinski definition) is 7. The molecule has 2 aromatic heterocycles. The first-order valence-electron chi connectivity index (χ1n) is 10.1. The van der Waals surface area contributed by atoms with Gasteiger partial charge in [0.1, 0.15) is 5.69 Å². The Bertz CT molecular complexity index is 1030. The molecule has 4 heterocycles. The van der Waals surface area contributed by atoms with Gasteiger partial charge in [-0.05, 0) is 31.9 Å². The Morgan fingerprint density at radius 1 is 1.31 bits per heavy atom. The quantitative estimate of drug-likeness (QED) is 0.621. The van der Waals surface area contributed by atoms with Crippen molar-refractivity contribution in [2.75, 3.05) is 24.6 Å². The van der Waals surface area contributed by atoms with Crippen LogP contribution in [0, 0.1) is 5.41 Å². The number of hydrogen-bond donors (Lipinski definition) is 3. The van der Waals surface area contributed by atoms with Crippen LogP contribution in [0.5, 0.6) is 0 Å². The molecule has 152 valence electrons. The zero-order valence-electron chi connectivity index (χ0n) is 16.5. The Hall–Kier alpha value is -2.55. The number of rotatable bonds is 3. The van der Waals surface area contributed by atoms with Gasteiger partial charge in [0.2, 0.25) is 0 Å². The molecule has 2 atom stereocenters. The van der Waals surface area contributed by atoms with Crippen molar-refractivity contribution < 1.29 is 9.84 Å². The van der Waals surface area contributed by atoms with Gasteiger partial charge in [0, 0.05) is 35.5 Å². The molecule has 8 nitrogen and oxygen atoms in total. The number of ether oxygens (including phenoxy) is 1. The van der Waals surface area contributed by atoms with E-state index in [9.17, 15) is 5.11 Å². The van der Waals surface area contributed by atoms with Crippen LogP contribution < -0.4 is 10.6 Å². The van der Waals surface area contributed by atoms with Crippen LogP contribution >= 0.6 is 0 Å². The summed E-state index contributed by atoms with van der Waals surface area (Å²) in [6, 6.07) is 6.06. The maximum atomic E-state index is 9.96. The van der Waals surface area contributed by atoms with Gasteiger partial charge in [-0.2, -0.15) is 5.10 Å². The lowest BCUT2D eigenvalue weighted by Crippen LogP contribution is -2.51. The van der Waals surface area contributed by atoms with Gasteiger partial charge in [-0.1, -0.05) is 6.07 Å². The molecule has 2 fully saturated rings. The lowest BCUT2D eigenvalue weighted by molar-refractivity contribution is 0.0973. The first kappa shape index (κ1) is 18.5. The normalized spacial score (nSPS) is 23.9. The third-order valence-electron chi connectivity index (χ3n) is 6.61. The topological polar surface area (TPSA) is 113 Å². The number of aliphatic hydroxyl groups excluding tert-OH is 1. The number of aromatic nitrogens is 4. The molecule has 2 aliphatic heterocycles. The zero-order valence-corrected chi connectivity index (χ0v) is 16.5. The molecule has 0 saturated carbocycles. The van der Waals surface area contributed by atoms with E-state index >= 15 is 0 Å². The standard InChI is InChI=1S/C21H26N6O2/c1-13-19(22)21(12-29-13)4-6-27(7-5-21)20-18(11-28)25-17(10-23-20)14-2-3-16-15(8-14)9-24-26-16/h2-3,8-10,13,19,28H,4-7,11-12,22H2,1H3,(H,24,26)/t13-,19+/m0/s1. The number of fused-ring (bicyclic) bond motifs is 1. The van der Waals surface area contributed by atoms with E-state index in [1.54, 1.807) is 12.4 Å². The summed E-state index contributed by atoms with van der Waals surface area (Å²) in [5.74, 6) is 0.760. The van der Waals surface area contributed by atoms with E-state index in [2.05, 4.69) is 27.0 Å². The highest BCUT2D eigenvalue weighted by atomic mass is 16.5. The number of benzene rings is 1. The van der Waals surface area contributed by atoms with Crippen LogP contribution in [0.3, 0.4) is 0 Å². The second kappa shape index (κ2) is 7.05. The molecule has 2 saturated heterocycles.